The molecule has 1 aliphatic heterocycles. The second-order valence-electron chi connectivity index (χ2n) is 8.91. The predicted molar refractivity (Wildman–Crippen MR) is 136 cm³/mol. The van der Waals surface area contributed by atoms with Gasteiger partial charge in [-0.3, -0.25) is 19.3 Å². The second kappa shape index (κ2) is 10.7. The molecule has 0 spiro atoms. The van der Waals surface area contributed by atoms with Crippen LogP contribution in [0.3, 0.4) is 0 Å². The Labute approximate surface area is 209 Å². The van der Waals surface area contributed by atoms with Crippen LogP contribution in [0, 0.1) is 0 Å². The van der Waals surface area contributed by atoms with Crippen molar-refractivity contribution >= 4 is 22.6 Å². The number of carbonyl (C=O) groups excluding carboxylic acids is 2. The summed E-state index contributed by atoms with van der Waals surface area (Å²) in [6.45, 7) is 2.36. The monoisotopic (exact) mass is 483 g/mol. The number of benzene rings is 2. The molecule has 1 aliphatic rings. The first kappa shape index (κ1) is 23.7. The van der Waals surface area contributed by atoms with Crippen LogP contribution in [-0.2, 0) is 42.0 Å². The van der Waals surface area contributed by atoms with Gasteiger partial charge in [0.25, 0.3) is 5.91 Å². The largest absolute Gasteiger partial charge is 0.383 e. The highest BCUT2D eigenvalue weighted by atomic mass is 16.5. The van der Waals surface area contributed by atoms with E-state index in [1.165, 1.54) is 0 Å². The Bertz CT molecular complexity index is 1380. The number of pyridine rings is 1. The van der Waals surface area contributed by atoms with Gasteiger partial charge in [-0.15, -0.1) is 0 Å². The van der Waals surface area contributed by atoms with Crippen LogP contribution in [-0.4, -0.2) is 51.7 Å². The average Bonchev–Trinajstić information content (AvgIpc) is 3.29. The minimum Gasteiger partial charge on any atom is -0.383 e. The molecule has 0 fully saturated rings. The summed E-state index contributed by atoms with van der Waals surface area (Å²) in [5.41, 5.74) is 4.09. The summed E-state index contributed by atoms with van der Waals surface area (Å²) >= 11 is 0. The van der Waals surface area contributed by atoms with E-state index in [1.54, 1.807) is 19.5 Å². The molecule has 0 aliphatic carbocycles. The van der Waals surface area contributed by atoms with Gasteiger partial charge in [0.05, 0.1) is 19.6 Å². The highest BCUT2D eigenvalue weighted by Gasteiger charge is 2.30. The Kier molecular flexibility index (Phi) is 7.04. The van der Waals surface area contributed by atoms with E-state index in [9.17, 15) is 9.59 Å². The number of nitrogens with zero attached hydrogens (tertiary/aromatic N) is 4. The van der Waals surface area contributed by atoms with Crippen molar-refractivity contribution in [3.8, 4) is 0 Å². The molecule has 8 nitrogen and oxygen atoms in total. The Balaban J connectivity index is 1.36. The fourth-order valence-corrected chi connectivity index (χ4v) is 4.74. The van der Waals surface area contributed by atoms with Crippen LogP contribution < -0.4 is 5.32 Å². The highest BCUT2D eigenvalue weighted by molar-refractivity contribution is 5.94. The molecule has 0 unspecified atom stereocenters. The van der Waals surface area contributed by atoms with Crippen molar-refractivity contribution < 1.29 is 14.3 Å². The first-order valence-electron chi connectivity index (χ1n) is 12.1. The SMILES string of the molecule is COCCn1nc(C(=O)NCc2cccnc2)c2c1CCN(C(=O)Cc1cccc3ccccc13)C2. The van der Waals surface area contributed by atoms with Crippen LogP contribution in [0.1, 0.15) is 32.9 Å². The Morgan fingerprint density at radius 3 is 2.78 bits per heavy atom. The van der Waals surface area contributed by atoms with Crippen molar-refractivity contribution in [3.63, 3.8) is 0 Å². The molecule has 0 saturated carbocycles. The highest BCUT2D eigenvalue weighted by Crippen LogP contribution is 2.25. The summed E-state index contributed by atoms with van der Waals surface area (Å²) in [6, 6.07) is 17.9. The molecule has 184 valence electrons. The lowest BCUT2D eigenvalue weighted by molar-refractivity contribution is -0.131. The van der Waals surface area contributed by atoms with Crippen LogP contribution in [0.2, 0.25) is 0 Å². The number of carbonyl (C=O) groups is 2. The van der Waals surface area contributed by atoms with Gasteiger partial charge >= 0.3 is 0 Å². The molecule has 0 atom stereocenters. The van der Waals surface area contributed by atoms with E-state index in [4.69, 9.17) is 4.74 Å². The fourth-order valence-electron chi connectivity index (χ4n) is 4.74. The van der Waals surface area contributed by atoms with E-state index in [0.29, 0.717) is 51.3 Å². The van der Waals surface area contributed by atoms with Gasteiger partial charge in [-0.2, -0.15) is 5.10 Å². The van der Waals surface area contributed by atoms with Gasteiger partial charge in [0.1, 0.15) is 0 Å². The molecule has 3 heterocycles. The van der Waals surface area contributed by atoms with Crippen molar-refractivity contribution in [1.82, 2.24) is 25.0 Å². The molecule has 2 amide bonds. The predicted octanol–water partition coefficient (Wildman–Crippen LogP) is 3.14. The maximum atomic E-state index is 13.4. The zero-order chi connectivity index (χ0) is 24.9. The summed E-state index contributed by atoms with van der Waals surface area (Å²) in [5.74, 6) is -0.210. The first-order valence-corrected chi connectivity index (χ1v) is 12.1. The van der Waals surface area contributed by atoms with Crippen molar-refractivity contribution in [3.05, 3.63) is 95.1 Å². The third kappa shape index (κ3) is 4.99. The average molecular weight is 484 g/mol. The molecule has 8 heteroatoms. The number of ether oxygens (including phenoxy) is 1. The molecule has 2 aromatic heterocycles. The molecule has 0 saturated heterocycles. The minimum atomic E-state index is -0.255. The second-order valence-corrected chi connectivity index (χ2v) is 8.91. The quantitative estimate of drug-likeness (QED) is 0.416. The smallest absolute Gasteiger partial charge is 0.272 e. The zero-order valence-corrected chi connectivity index (χ0v) is 20.3. The fraction of sp³-hybridized carbons (Fsp3) is 0.286. The maximum Gasteiger partial charge on any atom is 0.272 e. The Morgan fingerprint density at radius 2 is 1.94 bits per heavy atom. The van der Waals surface area contributed by atoms with Gasteiger partial charge in [0.2, 0.25) is 5.91 Å². The summed E-state index contributed by atoms with van der Waals surface area (Å²) in [6.07, 6.45) is 4.38. The summed E-state index contributed by atoms with van der Waals surface area (Å²) in [5, 5.41) is 9.79. The molecule has 5 rings (SSSR count). The lowest BCUT2D eigenvalue weighted by Crippen LogP contribution is -2.38. The van der Waals surface area contributed by atoms with E-state index in [-0.39, 0.29) is 11.8 Å². The van der Waals surface area contributed by atoms with Crippen molar-refractivity contribution in [2.24, 2.45) is 0 Å². The number of nitrogens with one attached hydrogen (secondary N) is 1. The summed E-state index contributed by atoms with van der Waals surface area (Å²) in [4.78, 5) is 32.4. The summed E-state index contributed by atoms with van der Waals surface area (Å²) < 4.78 is 7.09. The van der Waals surface area contributed by atoms with E-state index < -0.39 is 0 Å². The zero-order valence-electron chi connectivity index (χ0n) is 20.3. The molecule has 36 heavy (non-hydrogen) atoms. The number of amides is 2. The van der Waals surface area contributed by atoms with Crippen molar-refractivity contribution in [1.29, 1.82) is 0 Å². The molecule has 0 radical (unpaired) electrons. The molecule has 1 N–H and O–H groups in total. The van der Waals surface area contributed by atoms with Crippen LogP contribution in [0.15, 0.2) is 67.0 Å². The van der Waals surface area contributed by atoms with Crippen LogP contribution in [0.5, 0.6) is 0 Å². The number of fused-ring (bicyclic) bond motifs is 2. The van der Waals surface area contributed by atoms with Gasteiger partial charge < -0.3 is 15.0 Å². The molecule has 4 aromatic rings. The standard InChI is InChI=1S/C28H29N5O3/c1-36-15-14-33-25-11-13-32(26(34)16-22-9-4-8-21-7-2-3-10-23(21)22)19-24(25)27(31-33)28(35)30-18-20-6-5-12-29-17-20/h2-10,12,17H,11,13-16,18-19H2,1H3,(H,30,35). The van der Waals surface area contributed by atoms with Gasteiger partial charge in [-0.05, 0) is 28.0 Å². The number of rotatable bonds is 8. The van der Waals surface area contributed by atoms with Gasteiger partial charge in [0, 0.05) is 56.8 Å². The maximum absolute atomic E-state index is 13.4. The van der Waals surface area contributed by atoms with E-state index in [1.807, 2.05) is 46.0 Å². The van der Waals surface area contributed by atoms with Crippen LogP contribution in [0.25, 0.3) is 10.8 Å². The third-order valence-corrected chi connectivity index (χ3v) is 6.61. The molecular formula is C28H29N5O3. The molecule has 0 bridgehead atoms. The lowest BCUT2D eigenvalue weighted by atomic mass is 10.00. The van der Waals surface area contributed by atoms with Crippen molar-refractivity contribution in [2.75, 3.05) is 20.3 Å². The minimum absolute atomic E-state index is 0.0448. The van der Waals surface area contributed by atoms with E-state index >= 15 is 0 Å². The van der Waals surface area contributed by atoms with E-state index in [0.717, 1.165) is 33.2 Å². The van der Waals surface area contributed by atoms with Crippen molar-refractivity contribution in [2.45, 2.75) is 32.5 Å². The lowest BCUT2D eigenvalue weighted by Gasteiger charge is -2.28. The third-order valence-electron chi connectivity index (χ3n) is 6.61. The first-order chi connectivity index (χ1) is 17.6. The number of methoxy groups -OCH3 is 1. The summed E-state index contributed by atoms with van der Waals surface area (Å²) in [7, 11) is 1.64. The molecular weight excluding hydrogens is 454 g/mol. The van der Waals surface area contributed by atoms with Gasteiger partial charge in [-0.25, -0.2) is 0 Å². The van der Waals surface area contributed by atoms with Gasteiger partial charge in [-0.1, -0.05) is 48.5 Å². The molecule has 2 aromatic carbocycles. The van der Waals surface area contributed by atoms with Crippen LogP contribution in [0.4, 0.5) is 0 Å². The Hall–Kier alpha value is -4.04. The van der Waals surface area contributed by atoms with Crippen LogP contribution >= 0.6 is 0 Å². The number of aromatic nitrogens is 3. The van der Waals surface area contributed by atoms with E-state index in [2.05, 4.69) is 33.6 Å². The normalized spacial score (nSPS) is 13.0. The van der Waals surface area contributed by atoms with Gasteiger partial charge in [0.15, 0.2) is 5.69 Å². The number of hydrogen-bond acceptors (Lipinski definition) is 5. The Morgan fingerprint density at radius 1 is 1.08 bits per heavy atom. The topological polar surface area (TPSA) is 89.3 Å². The number of hydrogen-bond donors (Lipinski definition) is 1.